The Morgan fingerprint density at radius 3 is 2.63 bits per heavy atom. The first-order valence-electron chi connectivity index (χ1n) is 14.7. The van der Waals surface area contributed by atoms with E-state index in [9.17, 15) is 24.3 Å². The minimum atomic E-state index is -1.49. The quantitative estimate of drug-likeness (QED) is 0.359. The number of hydrogen-bond donors (Lipinski definition) is 4. The number of amides is 4. The van der Waals surface area contributed by atoms with E-state index in [-0.39, 0.29) is 47.6 Å². The number of benzene rings is 1. The van der Waals surface area contributed by atoms with Crippen molar-refractivity contribution in [3.05, 3.63) is 40.7 Å². The third kappa shape index (κ3) is 4.92. The molecule has 2 bridgehead atoms. The van der Waals surface area contributed by atoms with E-state index >= 15 is 0 Å². The molecule has 1 aromatic heterocycles. The minimum absolute atomic E-state index is 0.0258. The molecule has 216 valence electrons. The molecule has 5 aliphatic rings. The van der Waals surface area contributed by atoms with Crippen LogP contribution in [0.5, 0.6) is 0 Å². The van der Waals surface area contributed by atoms with E-state index in [2.05, 4.69) is 20.9 Å². The molecule has 1 spiro atoms. The highest BCUT2D eigenvalue weighted by Gasteiger charge is 2.67. The predicted molar refractivity (Wildman–Crippen MR) is 151 cm³/mol. The van der Waals surface area contributed by atoms with Gasteiger partial charge in [-0.25, -0.2) is 4.98 Å². The van der Waals surface area contributed by atoms with Crippen LogP contribution >= 0.6 is 11.3 Å². The summed E-state index contributed by atoms with van der Waals surface area (Å²) in [5, 5.41) is 21.8. The molecule has 1 aromatic carbocycles. The van der Waals surface area contributed by atoms with Crippen LogP contribution in [0, 0.1) is 17.3 Å². The molecule has 3 aliphatic carbocycles. The molecule has 41 heavy (non-hydrogen) atoms. The number of carbonyl (C=O) groups excluding carboxylic acids is 4. The van der Waals surface area contributed by atoms with Gasteiger partial charge in [-0.3, -0.25) is 19.2 Å². The lowest BCUT2D eigenvalue weighted by molar-refractivity contribution is -0.135. The number of nitrogens with one attached hydrogen (secondary N) is 3. The fourth-order valence-electron chi connectivity index (χ4n) is 7.31. The number of hydrogen-bond acceptors (Lipinski definition) is 7. The number of nitrogens with zero attached hydrogens (tertiary/aromatic N) is 2. The Labute approximate surface area is 242 Å². The first-order valence-corrected chi connectivity index (χ1v) is 15.6. The molecule has 11 heteroatoms. The molecule has 2 aliphatic heterocycles. The predicted octanol–water partition coefficient (Wildman–Crippen LogP) is 1.84. The van der Waals surface area contributed by atoms with Gasteiger partial charge in [-0.15, -0.1) is 11.3 Å². The van der Waals surface area contributed by atoms with E-state index < -0.39 is 30.0 Å². The highest BCUT2D eigenvalue weighted by molar-refractivity contribution is 7.12. The van der Waals surface area contributed by atoms with Crippen LogP contribution in [0.3, 0.4) is 0 Å². The molecular weight excluding hydrogens is 542 g/mol. The monoisotopic (exact) mass is 577 g/mol. The zero-order valence-corrected chi connectivity index (χ0v) is 23.6. The summed E-state index contributed by atoms with van der Waals surface area (Å²) in [4.78, 5) is 59.6. The third-order valence-corrected chi connectivity index (χ3v) is 10.6. The highest BCUT2D eigenvalue weighted by atomic mass is 32.1. The minimum Gasteiger partial charge on any atom is -0.381 e. The van der Waals surface area contributed by atoms with Crippen LogP contribution in [0.1, 0.15) is 61.2 Å². The average molecular weight is 578 g/mol. The maximum absolute atomic E-state index is 14.1. The van der Waals surface area contributed by atoms with Gasteiger partial charge in [0.1, 0.15) is 6.04 Å². The number of aliphatic hydroxyl groups is 1. The van der Waals surface area contributed by atoms with Crippen LogP contribution in [0.25, 0.3) is 11.3 Å². The smallest absolute Gasteiger partial charge is 0.283 e. The average Bonchev–Trinajstić information content (AvgIpc) is 3.71. The summed E-state index contributed by atoms with van der Waals surface area (Å²) in [6.07, 6.45) is 4.74. The lowest BCUT2D eigenvalue weighted by atomic mass is 9.83. The van der Waals surface area contributed by atoms with E-state index in [4.69, 9.17) is 0 Å². The molecule has 7 rings (SSSR count). The van der Waals surface area contributed by atoms with E-state index in [1.807, 2.05) is 35.7 Å². The van der Waals surface area contributed by atoms with Gasteiger partial charge < -0.3 is 26.0 Å². The Hall–Kier alpha value is -3.31. The molecule has 2 saturated heterocycles. The maximum atomic E-state index is 14.1. The Kier molecular flexibility index (Phi) is 6.61. The van der Waals surface area contributed by atoms with Crippen LogP contribution in [0.2, 0.25) is 0 Å². The van der Waals surface area contributed by atoms with Gasteiger partial charge >= 0.3 is 0 Å². The Bertz CT molecular complexity index is 1370. The molecule has 5 fully saturated rings. The molecule has 6 atom stereocenters. The molecule has 10 nitrogen and oxygen atoms in total. The summed E-state index contributed by atoms with van der Waals surface area (Å²) in [5.41, 5.74) is 1.74. The Morgan fingerprint density at radius 2 is 1.95 bits per heavy atom. The number of piperidine rings is 1. The van der Waals surface area contributed by atoms with Crippen molar-refractivity contribution in [2.75, 3.05) is 6.54 Å². The SMILES string of the molecule is O=C(NC1CC1)C(O)C(C[C@@H]1CCNC1=O)NC(=O)[C@@H]1[C@@H]2C[C@@H](CC23CC3)N1C(=O)c1nc(-c2ccccc2)cs1. The Morgan fingerprint density at radius 1 is 1.17 bits per heavy atom. The third-order valence-electron chi connectivity index (χ3n) is 9.78. The Balaban J connectivity index is 1.13. The van der Waals surface area contributed by atoms with E-state index in [1.165, 1.54) is 11.3 Å². The number of fused-ring (bicyclic) bond motifs is 3. The molecule has 3 heterocycles. The first-order chi connectivity index (χ1) is 19.8. The van der Waals surface area contributed by atoms with Crippen LogP contribution in [0.4, 0.5) is 0 Å². The summed E-state index contributed by atoms with van der Waals surface area (Å²) < 4.78 is 0. The number of rotatable bonds is 9. The van der Waals surface area contributed by atoms with Crippen LogP contribution in [0.15, 0.2) is 35.7 Å². The largest absolute Gasteiger partial charge is 0.381 e. The van der Waals surface area contributed by atoms with Crippen LogP contribution in [-0.4, -0.2) is 75.4 Å². The molecule has 3 saturated carbocycles. The maximum Gasteiger partial charge on any atom is 0.283 e. The number of carbonyl (C=O) groups is 4. The fourth-order valence-corrected chi connectivity index (χ4v) is 8.08. The van der Waals surface area contributed by atoms with Gasteiger partial charge in [0.2, 0.25) is 11.8 Å². The van der Waals surface area contributed by atoms with Gasteiger partial charge in [0.15, 0.2) is 11.1 Å². The van der Waals surface area contributed by atoms with Gasteiger partial charge in [-0.1, -0.05) is 30.3 Å². The van der Waals surface area contributed by atoms with Crippen molar-refractivity contribution in [1.82, 2.24) is 25.8 Å². The second kappa shape index (κ2) is 10.2. The lowest BCUT2D eigenvalue weighted by Crippen LogP contribution is -2.59. The number of likely N-dealkylation sites (tertiary alicyclic amines) is 1. The summed E-state index contributed by atoms with van der Waals surface area (Å²) in [6, 6.07) is 8.04. The van der Waals surface area contributed by atoms with Gasteiger partial charge in [0.05, 0.1) is 11.7 Å². The topological polar surface area (TPSA) is 141 Å². The molecule has 2 aromatic rings. The molecule has 4 amide bonds. The normalized spacial score (nSPS) is 28.8. The van der Waals surface area contributed by atoms with Crippen molar-refractivity contribution in [3.63, 3.8) is 0 Å². The van der Waals surface area contributed by atoms with Crippen LogP contribution in [-0.2, 0) is 14.4 Å². The van der Waals surface area contributed by atoms with E-state index in [0.717, 1.165) is 49.8 Å². The van der Waals surface area contributed by atoms with Gasteiger partial charge in [0, 0.05) is 35.5 Å². The van der Waals surface area contributed by atoms with E-state index in [0.29, 0.717) is 18.0 Å². The standard InChI is InChI=1S/C30H35N5O5S/c36-24(27(39)32-18-6-7-18)21(12-17-8-11-31-25(17)37)33-26(38)23-20-13-19(14-30(20)9-10-30)35(23)29(40)28-34-22(15-41-28)16-4-2-1-3-5-16/h1-5,15,17-21,23-24,36H,6-14H2,(H,31,37)(H,32,39)(H,33,38)/t17-,19-,20-,21?,23-,24?/m0/s1. The zero-order chi connectivity index (χ0) is 28.3. The summed E-state index contributed by atoms with van der Waals surface area (Å²) >= 11 is 1.28. The van der Waals surface area contributed by atoms with Crippen molar-refractivity contribution in [1.29, 1.82) is 0 Å². The zero-order valence-electron chi connectivity index (χ0n) is 22.8. The van der Waals surface area contributed by atoms with Crippen molar-refractivity contribution in [2.45, 2.75) is 81.6 Å². The second-order valence-electron chi connectivity index (χ2n) is 12.5. The van der Waals surface area contributed by atoms with Crippen molar-refractivity contribution < 1.29 is 24.3 Å². The van der Waals surface area contributed by atoms with Gasteiger partial charge in [-0.05, 0) is 62.7 Å². The van der Waals surface area contributed by atoms with E-state index in [1.54, 1.807) is 4.90 Å². The summed E-state index contributed by atoms with van der Waals surface area (Å²) in [5.74, 6) is -1.66. The van der Waals surface area contributed by atoms with Crippen molar-refractivity contribution in [2.24, 2.45) is 17.3 Å². The second-order valence-corrected chi connectivity index (χ2v) is 13.3. The number of aliphatic hydroxyl groups excluding tert-OH is 1. The van der Waals surface area contributed by atoms with Crippen LogP contribution < -0.4 is 16.0 Å². The summed E-state index contributed by atoms with van der Waals surface area (Å²) in [7, 11) is 0. The number of aromatic nitrogens is 1. The summed E-state index contributed by atoms with van der Waals surface area (Å²) in [6.45, 7) is 0.532. The fraction of sp³-hybridized carbons (Fsp3) is 0.567. The number of thiazole rings is 1. The molecule has 0 radical (unpaired) electrons. The van der Waals surface area contributed by atoms with Crippen molar-refractivity contribution >= 4 is 35.0 Å². The van der Waals surface area contributed by atoms with Crippen molar-refractivity contribution in [3.8, 4) is 11.3 Å². The highest BCUT2D eigenvalue weighted by Crippen LogP contribution is 2.67. The van der Waals surface area contributed by atoms with Gasteiger partial charge in [0.25, 0.3) is 11.8 Å². The lowest BCUT2D eigenvalue weighted by Gasteiger charge is -2.39. The van der Waals surface area contributed by atoms with Gasteiger partial charge in [-0.2, -0.15) is 0 Å². The molecule has 2 unspecified atom stereocenters. The first kappa shape index (κ1) is 26.6. The molecular formula is C30H35N5O5S. The molecule has 4 N–H and O–H groups in total.